The molecule has 1 aliphatic heterocycles. The van der Waals surface area contributed by atoms with E-state index < -0.39 is 19.3 Å². The second-order valence-electron chi connectivity index (χ2n) is 5.67. The highest BCUT2D eigenvalue weighted by Gasteiger charge is 2.38. The summed E-state index contributed by atoms with van der Waals surface area (Å²) in [5, 5.41) is 31.6. The van der Waals surface area contributed by atoms with Gasteiger partial charge in [0.25, 0.3) is 0 Å². The number of amides is 1. The maximum absolute atomic E-state index is 11.8. The van der Waals surface area contributed by atoms with Gasteiger partial charge in [-0.1, -0.05) is 0 Å². The smallest absolute Gasteiger partial charge is 0.534 e. The van der Waals surface area contributed by atoms with Gasteiger partial charge in [-0.2, -0.15) is 0 Å². The normalized spacial score (nSPS) is 16.4. The van der Waals surface area contributed by atoms with Gasteiger partial charge in [0.1, 0.15) is 17.3 Å². The summed E-state index contributed by atoms with van der Waals surface area (Å²) < 4.78 is 10.5. The topological polar surface area (TPSA) is 125 Å². The summed E-state index contributed by atoms with van der Waals surface area (Å²) in [4.78, 5) is 22.8. The number of ether oxygens (including phenoxy) is 1. The molecule has 0 bridgehead atoms. The predicted molar refractivity (Wildman–Crippen MR) is 84.3 cm³/mol. The SMILES string of the molecule is COc1cc2c(c(C(O)O)c1)OB(O)[C@@H](NC(=O)CCC(C)=O)C2. The van der Waals surface area contributed by atoms with Crippen molar-refractivity contribution in [1.82, 2.24) is 5.32 Å². The van der Waals surface area contributed by atoms with E-state index in [1.807, 2.05) is 0 Å². The lowest BCUT2D eigenvalue weighted by Crippen LogP contribution is -2.53. The lowest BCUT2D eigenvalue weighted by molar-refractivity contribution is -0.124. The van der Waals surface area contributed by atoms with Crippen LogP contribution < -0.4 is 14.7 Å². The molecule has 0 spiro atoms. The zero-order chi connectivity index (χ0) is 17.9. The second kappa shape index (κ2) is 7.65. The molecular weight excluding hydrogens is 317 g/mol. The Morgan fingerprint density at radius 1 is 1.42 bits per heavy atom. The molecule has 4 N–H and O–H groups in total. The van der Waals surface area contributed by atoms with Crippen LogP contribution in [0.2, 0.25) is 0 Å². The van der Waals surface area contributed by atoms with Crippen LogP contribution in [0.25, 0.3) is 0 Å². The zero-order valence-corrected chi connectivity index (χ0v) is 13.5. The van der Waals surface area contributed by atoms with Crippen molar-refractivity contribution in [1.29, 1.82) is 0 Å². The Hall–Kier alpha value is -2.10. The molecule has 1 aliphatic rings. The van der Waals surface area contributed by atoms with Crippen LogP contribution in [0.5, 0.6) is 11.5 Å². The van der Waals surface area contributed by atoms with E-state index in [9.17, 15) is 24.8 Å². The average molecular weight is 337 g/mol. The van der Waals surface area contributed by atoms with Gasteiger partial charge < -0.3 is 34.7 Å². The highest BCUT2D eigenvalue weighted by molar-refractivity contribution is 6.46. The Morgan fingerprint density at radius 2 is 2.12 bits per heavy atom. The summed E-state index contributed by atoms with van der Waals surface area (Å²) in [5.74, 6) is -0.618. The molecular formula is C15H20BNO7. The summed E-state index contributed by atoms with van der Waals surface area (Å²) in [6.45, 7) is 1.40. The van der Waals surface area contributed by atoms with Gasteiger partial charge >= 0.3 is 7.12 Å². The van der Waals surface area contributed by atoms with Gasteiger partial charge in [0.15, 0.2) is 6.29 Å². The Labute approximate surface area is 139 Å². The number of carbonyl (C=O) groups excluding carboxylic acids is 2. The zero-order valence-electron chi connectivity index (χ0n) is 13.5. The molecule has 2 rings (SSSR count). The van der Waals surface area contributed by atoms with Gasteiger partial charge in [-0.05, 0) is 31.0 Å². The third-order valence-corrected chi connectivity index (χ3v) is 3.76. The van der Waals surface area contributed by atoms with Crippen LogP contribution in [0.4, 0.5) is 0 Å². The molecule has 8 nitrogen and oxygen atoms in total. The maximum atomic E-state index is 11.8. The van der Waals surface area contributed by atoms with Crippen LogP contribution in [0.1, 0.15) is 37.2 Å². The minimum absolute atomic E-state index is 0.0319. The summed E-state index contributed by atoms with van der Waals surface area (Å²) in [5.41, 5.74) is 0.643. The molecule has 0 aromatic heterocycles. The first-order valence-electron chi connectivity index (χ1n) is 7.52. The van der Waals surface area contributed by atoms with Crippen molar-refractivity contribution in [2.75, 3.05) is 7.11 Å². The Balaban J connectivity index is 2.18. The maximum Gasteiger partial charge on any atom is 0.547 e. The molecule has 1 amide bonds. The minimum Gasteiger partial charge on any atom is -0.534 e. The fraction of sp³-hybridized carbons (Fsp3) is 0.467. The highest BCUT2D eigenvalue weighted by Crippen LogP contribution is 2.36. The molecule has 9 heteroatoms. The van der Waals surface area contributed by atoms with Crippen molar-refractivity contribution in [3.63, 3.8) is 0 Å². The molecule has 1 aromatic carbocycles. The van der Waals surface area contributed by atoms with E-state index in [4.69, 9.17) is 9.39 Å². The van der Waals surface area contributed by atoms with Crippen molar-refractivity contribution < 1.29 is 34.2 Å². The lowest BCUT2D eigenvalue weighted by Gasteiger charge is -2.30. The number of hydrogen-bond acceptors (Lipinski definition) is 7. The van der Waals surface area contributed by atoms with E-state index in [1.165, 1.54) is 20.1 Å². The van der Waals surface area contributed by atoms with E-state index >= 15 is 0 Å². The number of aliphatic hydroxyl groups excluding tert-OH is 1. The number of aliphatic hydroxyl groups is 2. The van der Waals surface area contributed by atoms with E-state index in [0.29, 0.717) is 11.3 Å². The molecule has 24 heavy (non-hydrogen) atoms. The number of rotatable bonds is 6. The number of benzene rings is 1. The molecule has 0 fully saturated rings. The van der Waals surface area contributed by atoms with Crippen molar-refractivity contribution in [3.05, 3.63) is 23.3 Å². The van der Waals surface area contributed by atoms with Crippen molar-refractivity contribution in [2.24, 2.45) is 0 Å². The Kier molecular flexibility index (Phi) is 5.82. The van der Waals surface area contributed by atoms with Crippen LogP contribution in [0.3, 0.4) is 0 Å². The lowest BCUT2D eigenvalue weighted by atomic mass is 9.72. The summed E-state index contributed by atoms with van der Waals surface area (Å²) in [6, 6.07) is 3.05. The Bertz CT molecular complexity index is 634. The number of hydrogen-bond donors (Lipinski definition) is 4. The monoisotopic (exact) mass is 337 g/mol. The largest absolute Gasteiger partial charge is 0.547 e. The van der Waals surface area contributed by atoms with Gasteiger partial charge in [0.2, 0.25) is 5.91 Å². The standard InChI is InChI=1S/C15H20BNO7/c1-8(18)3-4-13(19)17-12-6-9-5-10(23-2)7-11(15(20)21)14(9)24-16(12)22/h5,7,12,15,20-22H,3-4,6H2,1-2H3,(H,17,19)/t12-/m0/s1. The van der Waals surface area contributed by atoms with Crippen LogP contribution >= 0.6 is 0 Å². The van der Waals surface area contributed by atoms with E-state index in [0.717, 1.165) is 0 Å². The molecule has 130 valence electrons. The second-order valence-corrected chi connectivity index (χ2v) is 5.67. The number of ketones is 1. The Morgan fingerprint density at radius 3 is 2.71 bits per heavy atom. The number of Topliss-reactive ketones (excluding diaryl/α,β-unsaturated/α-hetero) is 1. The summed E-state index contributed by atoms with van der Waals surface area (Å²) in [7, 11) is 0.0964. The summed E-state index contributed by atoms with van der Waals surface area (Å²) >= 11 is 0. The number of carbonyl (C=O) groups is 2. The van der Waals surface area contributed by atoms with Crippen molar-refractivity contribution in [3.8, 4) is 11.5 Å². The first-order chi connectivity index (χ1) is 11.3. The first kappa shape index (κ1) is 18.2. The molecule has 1 heterocycles. The fourth-order valence-electron chi connectivity index (χ4n) is 2.52. The highest BCUT2D eigenvalue weighted by atomic mass is 16.5. The van der Waals surface area contributed by atoms with Crippen LogP contribution in [-0.2, 0) is 16.0 Å². The van der Waals surface area contributed by atoms with Crippen LogP contribution in [0.15, 0.2) is 12.1 Å². The van der Waals surface area contributed by atoms with Gasteiger partial charge in [-0.15, -0.1) is 0 Å². The van der Waals surface area contributed by atoms with Gasteiger partial charge in [-0.3, -0.25) is 4.79 Å². The average Bonchev–Trinajstić information content (AvgIpc) is 2.52. The predicted octanol–water partition coefficient (Wildman–Crippen LogP) is -0.513. The van der Waals surface area contributed by atoms with Crippen LogP contribution in [-0.4, -0.2) is 47.1 Å². The molecule has 0 radical (unpaired) electrons. The van der Waals surface area contributed by atoms with E-state index in [2.05, 4.69) is 5.32 Å². The molecule has 0 saturated heterocycles. The van der Waals surface area contributed by atoms with Gasteiger partial charge in [0.05, 0.1) is 18.6 Å². The van der Waals surface area contributed by atoms with Gasteiger partial charge in [0, 0.05) is 12.8 Å². The number of nitrogens with one attached hydrogen (secondary N) is 1. The molecule has 0 unspecified atom stereocenters. The minimum atomic E-state index is -1.79. The first-order valence-corrected chi connectivity index (χ1v) is 7.52. The van der Waals surface area contributed by atoms with Gasteiger partial charge in [-0.25, -0.2) is 0 Å². The number of fused-ring (bicyclic) bond motifs is 1. The molecule has 0 aliphatic carbocycles. The fourth-order valence-corrected chi connectivity index (χ4v) is 2.52. The quantitative estimate of drug-likeness (QED) is 0.407. The number of methoxy groups -OCH3 is 1. The van der Waals surface area contributed by atoms with E-state index in [-0.39, 0.29) is 42.3 Å². The van der Waals surface area contributed by atoms with E-state index in [1.54, 1.807) is 6.07 Å². The molecule has 1 aromatic rings. The third kappa shape index (κ3) is 4.25. The van der Waals surface area contributed by atoms with Crippen molar-refractivity contribution >= 4 is 18.8 Å². The third-order valence-electron chi connectivity index (χ3n) is 3.76. The van der Waals surface area contributed by atoms with Crippen molar-refractivity contribution in [2.45, 2.75) is 38.4 Å². The molecule has 1 atom stereocenters. The summed E-state index contributed by atoms with van der Waals surface area (Å²) in [6.07, 6.45) is -1.41. The van der Waals surface area contributed by atoms with Crippen LogP contribution in [0, 0.1) is 0 Å². The molecule has 0 saturated carbocycles.